The Morgan fingerprint density at radius 2 is 1.88 bits per heavy atom. The Labute approximate surface area is 169 Å². The fourth-order valence-corrected chi connectivity index (χ4v) is 4.20. The van der Waals surface area contributed by atoms with Gasteiger partial charge in [-0.25, -0.2) is 12.8 Å². The predicted octanol–water partition coefficient (Wildman–Crippen LogP) is 4.69. The molecule has 0 radical (unpaired) electrons. The summed E-state index contributed by atoms with van der Waals surface area (Å²) in [4.78, 5) is 12.5. The highest BCUT2D eigenvalue weighted by Gasteiger charge is 2.31. The number of nitrogens with zero attached hydrogens (tertiary/aromatic N) is 1. The molecule has 0 saturated heterocycles. The zero-order chi connectivity index (χ0) is 19.6. The Hall–Kier alpha value is -1.35. The summed E-state index contributed by atoms with van der Waals surface area (Å²) in [5.41, 5.74) is -0.0173. The molecule has 10 heteroatoms. The third-order valence-corrected chi connectivity index (χ3v) is 5.70. The Kier molecular flexibility index (Phi) is 6.55. The van der Waals surface area contributed by atoms with Crippen molar-refractivity contribution in [3.63, 3.8) is 0 Å². The van der Waals surface area contributed by atoms with Gasteiger partial charge in [-0.2, -0.15) is 0 Å². The van der Waals surface area contributed by atoms with Gasteiger partial charge < -0.3 is 5.32 Å². The fourth-order valence-electron chi connectivity index (χ4n) is 2.26. The molecule has 2 rings (SSSR count). The Balaban J connectivity index is 2.39. The monoisotopic (exact) mass is 482 g/mol. The molecule has 1 N–H and O–H groups in total. The molecule has 0 bridgehead atoms. The zero-order valence-electron chi connectivity index (χ0n) is 13.6. The number of sulfonamides is 1. The number of carbonyl (C=O) groups excluding carboxylic acids is 1. The first-order valence-corrected chi connectivity index (χ1v) is 10.6. The summed E-state index contributed by atoms with van der Waals surface area (Å²) >= 11 is 15.1. The molecule has 26 heavy (non-hydrogen) atoms. The minimum atomic E-state index is -3.88. The lowest BCUT2D eigenvalue weighted by Gasteiger charge is -2.29. The van der Waals surface area contributed by atoms with E-state index in [1.54, 1.807) is 6.07 Å². The second-order valence-corrected chi connectivity index (χ2v) is 9.06. The zero-order valence-corrected chi connectivity index (χ0v) is 17.5. The molecule has 0 spiro atoms. The molecule has 0 heterocycles. The van der Waals surface area contributed by atoms with Crippen molar-refractivity contribution in [1.82, 2.24) is 0 Å². The molecule has 0 aliphatic heterocycles. The maximum Gasteiger partial charge on any atom is 0.248 e. The van der Waals surface area contributed by atoms with E-state index in [9.17, 15) is 17.6 Å². The van der Waals surface area contributed by atoms with Crippen molar-refractivity contribution in [2.75, 3.05) is 15.9 Å². The lowest BCUT2D eigenvalue weighted by atomic mass is 10.2. The largest absolute Gasteiger partial charge is 0.322 e. The van der Waals surface area contributed by atoms with Crippen molar-refractivity contribution >= 4 is 66.4 Å². The highest BCUT2D eigenvalue weighted by molar-refractivity contribution is 9.10. The number of anilines is 2. The van der Waals surface area contributed by atoms with Crippen molar-refractivity contribution < 1.29 is 17.6 Å². The van der Waals surface area contributed by atoms with Gasteiger partial charge in [-0.1, -0.05) is 39.1 Å². The Morgan fingerprint density at radius 3 is 2.46 bits per heavy atom. The summed E-state index contributed by atoms with van der Waals surface area (Å²) in [5, 5.41) is 2.74. The van der Waals surface area contributed by atoms with E-state index in [2.05, 4.69) is 21.2 Å². The minimum absolute atomic E-state index is 0.0561. The van der Waals surface area contributed by atoms with Crippen LogP contribution in [0.3, 0.4) is 0 Å². The average molecular weight is 484 g/mol. The Morgan fingerprint density at radius 1 is 1.23 bits per heavy atom. The normalized spacial score (nSPS) is 12.5. The summed E-state index contributed by atoms with van der Waals surface area (Å²) in [6.07, 6.45) is 0.939. The number of rotatable bonds is 5. The highest BCUT2D eigenvalue weighted by atomic mass is 79.9. The molecule has 0 saturated carbocycles. The maximum absolute atomic E-state index is 13.9. The van der Waals surface area contributed by atoms with Gasteiger partial charge in [-0.15, -0.1) is 0 Å². The fraction of sp³-hybridized carbons (Fsp3) is 0.188. The molecular weight excluding hydrogens is 470 g/mol. The molecule has 1 amide bonds. The first kappa shape index (κ1) is 21.0. The van der Waals surface area contributed by atoms with E-state index >= 15 is 0 Å². The second-order valence-electron chi connectivity index (χ2n) is 5.44. The quantitative estimate of drug-likeness (QED) is 0.670. The predicted molar refractivity (Wildman–Crippen MR) is 106 cm³/mol. The number of hydrogen-bond donors (Lipinski definition) is 1. The SMILES string of the molecule is C[C@H](C(=O)Nc1ccc(Br)cc1F)N(c1cc(Cl)ccc1Cl)S(C)(=O)=O. The first-order valence-electron chi connectivity index (χ1n) is 7.21. The van der Waals surface area contributed by atoms with E-state index in [0.29, 0.717) is 4.47 Å². The summed E-state index contributed by atoms with van der Waals surface area (Å²) in [6, 6.07) is 7.15. The third kappa shape index (κ3) is 4.88. The lowest BCUT2D eigenvalue weighted by Crippen LogP contribution is -2.45. The summed E-state index contributed by atoms with van der Waals surface area (Å²) in [7, 11) is -3.88. The third-order valence-electron chi connectivity index (χ3n) is 3.42. The molecule has 0 aliphatic rings. The van der Waals surface area contributed by atoms with Gasteiger partial charge in [-0.3, -0.25) is 9.10 Å². The van der Waals surface area contributed by atoms with Gasteiger partial charge in [0.1, 0.15) is 11.9 Å². The van der Waals surface area contributed by atoms with Gasteiger partial charge in [0, 0.05) is 9.50 Å². The molecule has 5 nitrogen and oxygen atoms in total. The molecule has 2 aromatic rings. The average Bonchev–Trinajstić information content (AvgIpc) is 2.52. The number of amides is 1. The smallest absolute Gasteiger partial charge is 0.248 e. The van der Waals surface area contributed by atoms with E-state index in [1.165, 1.54) is 37.3 Å². The topological polar surface area (TPSA) is 66.5 Å². The van der Waals surface area contributed by atoms with E-state index in [4.69, 9.17) is 23.2 Å². The summed E-state index contributed by atoms with van der Waals surface area (Å²) < 4.78 is 39.8. The van der Waals surface area contributed by atoms with Crippen LogP contribution in [0.15, 0.2) is 40.9 Å². The van der Waals surface area contributed by atoms with Crippen LogP contribution in [0.2, 0.25) is 10.0 Å². The van der Waals surface area contributed by atoms with Crippen molar-refractivity contribution in [3.8, 4) is 0 Å². The number of hydrogen-bond acceptors (Lipinski definition) is 3. The first-order chi connectivity index (χ1) is 12.0. The van der Waals surface area contributed by atoms with Crippen LogP contribution in [0.5, 0.6) is 0 Å². The number of benzene rings is 2. The van der Waals surface area contributed by atoms with E-state index in [0.717, 1.165) is 10.6 Å². The molecule has 0 fully saturated rings. The molecule has 0 unspecified atom stereocenters. The van der Waals surface area contributed by atoms with Crippen molar-refractivity contribution in [1.29, 1.82) is 0 Å². The molecule has 2 aromatic carbocycles. The van der Waals surface area contributed by atoms with E-state index in [-0.39, 0.29) is 21.4 Å². The van der Waals surface area contributed by atoms with Gasteiger partial charge in [0.2, 0.25) is 15.9 Å². The van der Waals surface area contributed by atoms with E-state index in [1.807, 2.05) is 0 Å². The van der Waals surface area contributed by atoms with Gasteiger partial charge in [-0.05, 0) is 43.3 Å². The Bertz CT molecular complexity index is 957. The highest BCUT2D eigenvalue weighted by Crippen LogP contribution is 2.32. The molecule has 0 aromatic heterocycles. The molecule has 1 atom stereocenters. The van der Waals surface area contributed by atoms with Gasteiger partial charge >= 0.3 is 0 Å². The van der Waals surface area contributed by atoms with Crippen LogP contribution in [0.1, 0.15) is 6.92 Å². The lowest BCUT2D eigenvalue weighted by molar-refractivity contribution is -0.116. The van der Waals surface area contributed by atoms with Crippen LogP contribution in [0.25, 0.3) is 0 Å². The number of nitrogens with one attached hydrogen (secondary N) is 1. The minimum Gasteiger partial charge on any atom is -0.322 e. The van der Waals surface area contributed by atoms with Gasteiger partial charge in [0.25, 0.3) is 0 Å². The van der Waals surface area contributed by atoms with Gasteiger partial charge in [0.15, 0.2) is 0 Å². The van der Waals surface area contributed by atoms with Crippen molar-refractivity contribution in [3.05, 3.63) is 56.7 Å². The maximum atomic E-state index is 13.9. The van der Waals surface area contributed by atoms with Crippen molar-refractivity contribution in [2.24, 2.45) is 0 Å². The van der Waals surface area contributed by atoms with Crippen LogP contribution >= 0.6 is 39.1 Å². The second kappa shape index (κ2) is 8.12. The number of carbonyl (C=O) groups is 1. The van der Waals surface area contributed by atoms with Crippen LogP contribution in [0.4, 0.5) is 15.8 Å². The molecule has 0 aliphatic carbocycles. The molecular formula is C16H14BrCl2FN2O3S. The van der Waals surface area contributed by atoms with E-state index < -0.39 is 27.8 Å². The summed E-state index contributed by atoms with van der Waals surface area (Å²) in [5.74, 6) is -1.39. The standard InChI is InChI=1S/C16H14BrCl2FN2O3S/c1-9(16(23)21-14-6-3-10(17)7-13(14)20)22(26(2,24)25)15-8-11(18)4-5-12(15)19/h3-9H,1-2H3,(H,21,23)/t9-/m1/s1. The summed E-state index contributed by atoms with van der Waals surface area (Å²) in [6.45, 7) is 1.37. The van der Waals surface area contributed by atoms with Crippen LogP contribution in [-0.4, -0.2) is 26.6 Å². The molecule has 140 valence electrons. The van der Waals surface area contributed by atoms with Gasteiger partial charge in [0.05, 0.1) is 22.7 Å². The van der Waals surface area contributed by atoms with Crippen LogP contribution < -0.4 is 9.62 Å². The number of halogens is 4. The van der Waals surface area contributed by atoms with Crippen molar-refractivity contribution in [2.45, 2.75) is 13.0 Å². The van der Waals surface area contributed by atoms with Crippen LogP contribution in [0, 0.1) is 5.82 Å². The van der Waals surface area contributed by atoms with Crippen LogP contribution in [-0.2, 0) is 14.8 Å².